The predicted molar refractivity (Wildman–Crippen MR) is 95.4 cm³/mol. The Morgan fingerprint density at radius 3 is 2.76 bits per heavy atom. The van der Waals surface area contributed by atoms with E-state index in [9.17, 15) is 13.2 Å². The molecule has 1 aliphatic heterocycles. The van der Waals surface area contributed by atoms with Gasteiger partial charge in [-0.2, -0.15) is 5.10 Å². The Labute approximate surface area is 162 Å². The van der Waals surface area contributed by atoms with Crippen molar-refractivity contribution in [3.63, 3.8) is 0 Å². The summed E-state index contributed by atoms with van der Waals surface area (Å²) in [5.41, 5.74) is 2.41. The first-order chi connectivity index (χ1) is 14.0. The van der Waals surface area contributed by atoms with Gasteiger partial charge in [0.15, 0.2) is 5.75 Å². The van der Waals surface area contributed by atoms with E-state index in [0.29, 0.717) is 24.6 Å². The number of halogens is 3. The largest absolute Gasteiger partial charge is 0.573 e. The number of nitrogens with one attached hydrogen (secondary N) is 1. The molecule has 0 spiro atoms. The van der Waals surface area contributed by atoms with Crippen molar-refractivity contribution in [2.45, 2.75) is 18.8 Å². The number of hydrogen-bond donors (Lipinski definition) is 1. The molecule has 0 bridgehead atoms. The number of alkyl halides is 3. The van der Waals surface area contributed by atoms with Gasteiger partial charge in [-0.3, -0.25) is 0 Å². The normalized spacial score (nSPS) is 16.8. The number of imidazole rings is 1. The van der Waals surface area contributed by atoms with Crippen molar-refractivity contribution in [1.29, 1.82) is 0 Å². The van der Waals surface area contributed by atoms with Gasteiger partial charge in [0.05, 0.1) is 17.7 Å². The monoisotopic (exact) mass is 401 g/mol. The Balaban J connectivity index is 1.64. The lowest BCUT2D eigenvalue weighted by Gasteiger charge is -2.33. The fourth-order valence-corrected chi connectivity index (χ4v) is 3.58. The summed E-state index contributed by atoms with van der Waals surface area (Å²) >= 11 is 0. The summed E-state index contributed by atoms with van der Waals surface area (Å²) in [7, 11) is 0. The molecule has 0 saturated carbocycles. The van der Waals surface area contributed by atoms with Gasteiger partial charge in [0.1, 0.15) is 11.6 Å². The summed E-state index contributed by atoms with van der Waals surface area (Å²) in [5.74, 6) is 0.175. The molecule has 1 aliphatic rings. The van der Waals surface area contributed by atoms with Crippen molar-refractivity contribution in [2.75, 3.05) is 11.4 Å². The number of ether oxygens (including phenoxy) is 1. The quantitative estimate of drug-likeness (QED) is 0.568. The van der Waals surface area contributed by atoms with Gasteiger partial charge < -0.3 is 14.6 Å². The first-order valence-corrected chi connectivity index (χ1v) is 8.79. The number of pyridine rings is 1. The zero-order valence-electron chi connectivity index (χ0n) is 14.8. The van der Waals surface area contributed by atoms with Crippen LogP contribution in [0.15, 0.2) is 49.2 Å². The molecule has 1 atom stereocenters. The molecule has 0 amide bonds. The first-order valence-electron chi connectivity index (χ1n) is 8.79. The molecule has 11 heteroatoms. The molecule has 0 aliphatic carbocycles. The Morgan fingerprint density at radius 2 is 1.97 bits per heavy atom. The fraction of sp³-hybridized carbons (Fsp3) is 0.222. The lowest BCUT2D eigenvalue weighted by molar-refractivity contribution is -0.274. The standard InChI is InChI=1S/C18H14F3N7O/c19-18(20,21)29-14-3-1-7-28-13(14)9-12(26-28)16-15-11(24-10-25-15)4-8-27(16)17-22-5-2-6-23-17/h1-3,5-7,9-10,16H,4,8H2,(H,24,25)/t16-/m0/s1. The number of anilines is 1. The fourth-order valence-electron chi connectivity index (χ4n) is 3.58. The second-order valence-electron chi connectivity index (χ2n) is 6.48. The van der Waals surface area contributed by atoms with Crippen LogP contribution in [0.25, 0.3) is 5.52 Å². The summed E-state index contributed by atoms with van der Waals surface area (Å²) in [6.45, 7) is 0.601. The Morgan fingerprint density at radius 1 is 1.14 bits per heavy atom. The van der Waals surface area contributed by atoms with Gasteiger partial charge in [-0.05, 0) is 24.3 Å². The highest BCUT2D eigenvalue weighted by molar-refractivity contribution is 5.61. The number of fused-ring (bicyclic) bond motifs is 2. The van der Waals surface area contributed by atoms with E-state index >= 15 is 0 Å². The molecule has 1 N–H and O–H groups in total. The number of H-pyrrole nitrogens is 1. The summed E-state index contributed by atoms with van der Waals surface area (Å²) in [5, 5.41) is 4.50. The maximum atomic E-state index is 12.8. The number of nitrogens with zero attached hydrogens (tertiary/aromatic N) is 6. The lowest BCUT2D eigenvalue weighted by Crippen LogP contribution is -2.37. The van der Waals surface area contributed by atoms with Crippen LogP contribution in [-0.2, 0) is 6.42 Å². The predicted octanol–water partition coefficient (Wildman–Crippen LogP) is 2.90. The van der Waals surface area contributed by atoms with Crippen molar-refractivity contribution in [1.82, 2.24) is 29.5 Å². The molecule has 148 valence electrons. The lowest BCUT2D eigenvalue weighted by atomic mass is 10.00. The summed E-state index contributed by atoms with van der Waals surface area (Å²) in [6.07, 6.45) is 2.35. The topological polar surface area (TPSA) is 84.2 Å². The van der Waals surface area contributed by atoms with Crippen LogP contribution < -0.4 is 9.64 Å². The van der Waals surface area contributed by atoms with Crippen LogP contribution in [-0.4, -0.2) is 42.5 Å². The maximum Gasteiger partial charge on any atom is 0.573 e. The molecule has 5 rings (SSSR count). The van der Waals surface area contributed by atoms with E-state index < -0.39 is 12.4 Å². The Hall–Kier alpha value is -3.63. The SMILES string of the molecule is FC(F)(F)Oc1cccn2nc([C@H]3c4nc[nH]c4CCN3c3ncccn3)cc12. The third-order valence-electron chi connectivity index (χ3n) is 4.72. The zero-order chi connectivity index (χ0) is 20.0. The van der Waals surface area contributed by atoms with Gasteiger partial charge in [0.2, 0.25) is 5.95 Å². The van der Waals surface area contributed by atoms with Gasteiger partial charge in [0.25, 0.3) is 0 Å². The van der Waals surface area contributed by atoms with Crippen LogP contribution in [0.4, 0.5) is 19.1 Å². The molecule has 0 aromatic carbocycles. The van der Waals surface area contributed by atoms with Gasteiger partial charge in [-0.15, -0.1) is 13.2 Å². The number of aromatic nitrogens is 6. The highest BCUT2D eigenvalue weighted by atomic mass is 19.4. The average molecular weight is 401 g/mol. The molecular weight excluding hydrogens is 387 g/mol. The average Bonchev–Trinajstić information content (AvgIpc) is 3.34. The van der Waals surface area contributed by atoms with E-state index in [2.05, 4.69) is 29.8 Å². The van der Waals surface area contributed by atoms with Crippen LogP contribution in [0.1, 0.15) is 23.1 Å². The molecule has 0 radical (unpaired) electrons. The summed E-state index contributed by atoms with van der Waals surface area (Å²) < 4.78 is 43.9. The van der Waals surface area contributed by atoms with Crippen molar-refractivity contribution in [3.8, 4) is 5.75 Å². The summed E-state index contributed by atoms with van der Waals surface area (Å²) in [6, 6.07) is 5.54. The number of aromatic amines is 1. The molecule has 29 heavy (non-hydrogen) atoms. The van der Waals surface area contributed by atoms with Gasteiger partial charge in [-0.25, -0.2) is 19.5 Å². The van der Waals surface area contributed by atoms with Crippen LogP contribution in [0.2, 0.25) is 0 Å². The molecule has 0 fully saturated rings. The molecule has 8 nitrogen and oxygen atoms in total. The van der Waals surface area contributed by atoms with E-state index in [0.717, 1.165) is 11.4 Å². The minimum absolute atomic E-state index is 0.205. The highest BCUT2D eigenvalue weighted by Crippen LogP contribution is 2.36. The van der Waals surface area contributed by atoms with Crippen molar-refractivity contribution in [3.05, 3.63) is 66.3 Å². The highest BCUT2D eigenvalue weighted by Gasteiger charge is 2.36. The molecule has 4 aromatic rings. The molecule has 0 unspecified atom stereocenters. The van der Waals surface area contributed by atoms with Crippen LogP contribution in [0.3, 0.4) is 0 Å². The van der Waals surface area contributed by atoms with Crippen molar-refractivity contribution >= 4 is 11.5 Å². The molecule has 5 heterocycles. The summed E-state index contributed by atoms with van der Waals surface area (Å²) in [4.78, 5) is 18.1. The Kier molecular flexibility index (Phi) is 3.89. The van der Waals surface area contributed by atoms with Gasteiger partial charge in [0, 0.05) is 37.3 Å². The van der Waals surface area contributed by atoms with Gasteiger partial charge in [-0.1, -0.05) is 0 Å². The van der Waals surface area contributed by atoms with E-state index in [1.54, 1.807) is 37.1 Å². The zero-order valence-corrected chi connectivity index (χ0v) is 14.8. The van der Waals surface area contributed by atoms with E-state index in [1.807, 2.05) is 4.90 Å². The first kappa shape index (κ1) is 17.5. The van der Waals surface area contributed by atoms with Gasteiger partial charge >= 0.3 is 6.36 Å². The van der Waals surface area contributed by atoms with Crippen molar-refractivity contribution in [2.24, 2.45) is 0 Å². The van der Waals surface area contributed by atoms with Crippen LogP contribution >= 0.6 is 0 Å². The smallest absolute Gasteiger partial charge is 0.403 e. The maximum absolute atomic E-state index is 12.8. The molecule has 4 aromatic heterocycles. The molecular formula is C18H14F3N7O. The minimum atomic E-state index is -4.80. The van der Waals surface area contributed by atoms with E-state index in [-0.39, 0.29) is 11.3 Å². The van der Waals surface area contributed by atoms with Crippen molar-refractivity contribution < 1.29 is 17.9 Å². The number of hydrogen-bond acceptors (Lipinski definition) is 6. The minimum Gasteiger partial charge on any atom is -0.403 e. The van der Waals surface area contributed by atoms with Crippen LogP contribution in [0.5, 0.6) is 5.75 Å². The van der Waals surface area contributed by atoms with Crippen LogP contribution in [0, 0.1) is 0 Å². The third kappa shape index (κ3) is 3.13. The number of rotatable bonds is 3. The van der Waals surface area contributed by atoms with E-state index in [1.165, 1.54) is 16.6 Å². The Bertz CT molecular complexity index is 1160. The van der Waals surface area contributed by atoms with E-state index in [4.69, 9.17) is 0 Å². The molecule has 0 saturated heterocycles. The second kappa shape index (κ2) is 6.47. The third-order valence-corrected chi connectivity index (χ3v) is 4.72. The second-order valence-corrected chi connectivity index (χ2v) is 6.48.